The molecule has 0 aromatic heterocycles. The minimum absolute atomic E-state index is 0.265. The van der Waals surface area contributed by atoms with Crippen molar-refractivity contribution in [1.29, 1.82) is 0 Å². The first-order valence-corrected chi connectivity index (χ1v) is 7.18. The van der Waals surface area contributed by atoms with Crippen LogP contribution in [0.1, 0.15) is 22.7 Å². The molecule has 0 spiro atoms. The summed E-state index contributed by atoms with van der Waals surface area (Å²) in [5, 5.41) is 3.06. The Morgan fingerprint density at radius 3 is 2.50 bits per heavy atom. The average Bonchev–Trinajstić information content (AvgIpc) is 2.42. The summed E-state index contributed by atoms with van der Waals surface area (Å²) in [6, 6.07) is 9.51. The first-order chi connectivity index (χ1) is 9.51. The van der Waals surface area contributed by atoms with E-state index >= 15 is 0 Å². The van der Waals surface area contributed by atoms with Crippen LogP contribution >= 0.6 is 15.9 Å². The van der Waals surface area contributed by atoms with Gasteiger partial charge in [0.2, 0.25) is 0 Å². The highest BCUT2D eigenvalue weighted by Gasteiger charge is 2.17. The molecule has 0 aliphatic carbocycles. The van der Waals surface area contributed by atoms with Crippen LogP contribution in [0.3, 0.4) is 0 Å². The van der Waals surface area contributed by atoms with Crippen LogP contribution in [0.5, 0.6) is 0 Å². The van der Waals surface area contributed by atoms with Crippen LogP contribution in [-0.2, 0) is 6.42 Å². The van der Waals surface area contributed by atoms with Crippen molar-refractivity contribution in [3.8, 4) is 0 Å². The highest BCUT2D eigenvalue weighted by Crippen LogP contribution is 2.25. The van der Waals surface area contributed by atoms with Gasteiger partial charge in [-0.25, -0.2) is 8.78 Å². The van der Waals surface area contributed by atoms with E-state index in [1.807, 2.05) is 6.92 Å². The first-order valence-electron chi connectivity index (χ1n) is 6.38. The summed E-state index contributed by atoms with van der Waals surface area (Å²) in [6.07, 6.45) is 0.391. The van der Waals surface area contributed by atoms with Crippen molar-refractivity contribution < 1.29 is 8.78 Å². The van der Waals surface area contributed by atoms with Gasteiger partial charge >= 0.3 is 0 Å². The average molecular weight is 340 g/mol. The third-order valence-electron chi connectivity index (χ3n) is 3.31. The molecular formula is C16H16BrF2N. The molecule has 20 heavy (non-hydrogen) atoms. The number of hydrogen-bond donors (Lipinski definition) is 1. The minimum Gasteiger partial charge on any atom is -0.313 e. The van der Waals surface area contributed by atoms with Gasteiger partial charge in [-0.15, -0.1) is 0 Å². The number of nitrogens with one attached hydrogen (secondary N) is 1. The van der Waals surface area contributed by atoms with Crippen molar-refractivity contribution >= 4 is 15.9 Å². The Labute approximate surface area is 126 Å². The molecule has 0 amide bonds. The summed E-state index contributed by atoms with van der Waals surface area (Å²) >= 11 is 3.33. The van der Waals surface area contributed by atoms with Crippen molar-refractivity contribution in [1.82, 2.24) is 5.32 Å². The molecule has 1 atom stereocenters. The smallest absolute Gasteiger partial charge is 0.128 e. The molecule has 2 aromatic carbocycles. The maximum absolute atomic E-state index is 13.9. The van der Waals surface area contributed by atoms with Crippen LogP contribution in [0, 0.1) is 18.6 Å². The monoisotopic (exact) mass is 339 g/mol. The second-order valence-corrected chi connectivity index (χ2v) is 5.72. The van der Waals surface area contributed by atoms with Crippen molar-refractivity contribution in [2.75, 3.05) is 7.05 Å². The molecule has 0 saturated heterocycles. The zero-order valence-electron chi connectivity index (χ0n) is 11.4. The summed E-state index contributed by atoms with van der Waals surface area (Å²) in [4.78, 5) is 0. The van der Waals surface area contributed by atoms with E-state index in [9.17, 15) is 8.78 Å². The van der Waals surface area contributed by atoms with Gasteiger partial charge in [-0.1, -0.05) is 33.6 Å². The zero-order chi connectivity index (χ0) is 14.7. The molecule has 0 aliphatic heterocycles. The van der Waals surface area contributed by atoms with Crippen LogP contribution in [0.25, 0.3) is 0 Å². The quantitative estimate of drug-likeness (QED) is 0.862. The predicted octanol–water partition coefficient (Wildman–Crippen LogP) is 4.54. The Balaban J connectivity index is 2.33. The highest BCUT2D eigenvalue weighted by atomic mass is 79.9. The molecule has 0 heterocycles. The molecule has 2 rings (SSSR count). The molecule has 0 aliphatic rings. The minimum atomic E-state index is -0.276. The lowest BCUT2D eigenvalue weighted by molar-refractivity contribution is 0.519. The lowest BCUT2D eigenvalue weighted by Gasteiger charge is -2.18. The summed E-state index contributed by atoms with van der Waals surface area (Å²) in [6.45, 7) is 1.91. The molecular weight excluding hydrogens is 324 g/mol. The van der Waals surface area contributed by atoms with E-state index in [2.05, 4.69) is 21.2 Å². The summed E-state index contributed by atoms with van der Waals surface area (Å²) < 4.78 is 28.6. The van der Waals surface area contributed by atoms with E-state index < -0.39 is 0 Å². The zero-order valence-corrected chi connectivity index (χ0v) is 13.0. The van der Waals surface area contributed by atoms with E-state index in [-0.39, 0.29) is 17.7 Å². The van der Waals surface area contributed by atoms with Gasteiger partial charge in [0.25, 0.3) is 0 Å². The molecule has 1 N–H and O–H groups in total. The summed E-state index contributed by atoms with van der Waals surface area (Å²) in [7, 11) is 1.75. The number of benzene rings is 2. The number of hydrogen-bond acceptors (Lipinski definition) is 1. The molecule has 0 radical (unpaired) electrons. The van der Waals surface area contributed by atoms with Gasteiger partial charge in [0, 0.05) is 16.1 Å². The third-order valence-corrected chi connectivity index (χ3v) is 3.80. The first kappa shape index (κ1) is 15.1. The van der Waals surface area contributed by atoms with Gasteiger partial charge in [-0.05, 0) is 50.2 Å². The van der Waals surface area contributed by atoms with Crippen molar-refractivity contribution in [3.63, 3.8) is 0 Å². The van der Waals surface area contributed by atoms with Crippen LogP contribution in [0.4, 0.5) is 8.78 Å². The fraction of sp³-hybridized carbons (Fsp3) is 0.250. The van der Waals surface area contributed by atoms with E-state index in [1.54, 1.807) is 31.3 Å². The number of aryl methyl sites for hydroxylation is 1. The van der Waals surface area contributed by atoms with Gasteiger partial charge in [0.1, 0.15) is 11.6 Å². The number of rotatable bonds is 4. The standard InChI is InChI=1S/C16H16BrF2N/c1-10-3-5-15(19)13(7-10)16(20-2)9-11-8-12(17)4-6-14(11)18/h3-8,16,20H,9H2,1-2H3. The van der Waals surface area contributed by atoms with Crippen LogP contribution in [0.2, 0.25) is 0 Å². The Morgan fingerprint density at radius 1 is 1.10 bits per heavy atom. The SMILES string of the molecule is CNC(Cc1cc(Br)ccc1F)c1cc(C)ccc1F. The lowest BCUT2D eigenvalue weighted by Crippen LogP contribution is -2.20. The maximum atomic E-state index is 13.9. The van der Waals surface area contributed by atoms with Gasteiger partial charge in [-0.3, -0.25) is 0 Å². The normalized spacial score (nSPS) is 12.4. The Kier molecular flexibility index (Phi) is 4.89. The Hall–Kier alpha value is -1.26. The second-order valence-electron chi connectivity index (χ2n) is 4.81. The molecule has 0 saturated carbocycles. The van der Waals surface area contributed by atoms with Crippen molar-refractivity contribution in [2.24, 2.45) is 0 Å². The van der Waals surface area contributed by atoms with E-state index in [0.717, 1.165) is 10.0 Å². The molecule has 106 valence electrons. The highest BCUT2D eigenvalue weighted by molar-refractivity contribution is 9.10. The fourth-order valence-corrected chi connectivity index (χ4v) is 2.63. The third kappa shape index (κ3) is 3.44. The topological polar surface area (TPSA) is 12.0 Å². The van der Waals surface area contributed by atoms with Crippen LogP contribution < -0.4 is 5.32 Å². The van der Waals surface area contributed by atoms with Crippen molar-refractivity contribution in [2.45, 2.75) is 19.4 Å². The second kappa shape index (κ2) is 6.46. The molecule has 0 fully saturated rings. The molecule has 1 unspecified atom stereocenters. The van der Waals surface area contributed by atoms with E-state index in [4.69, 9.17) is 0 Å². The van der Waals surface area contributed by atoms with Crippen LogP contribution in [0.15, 0.2) is 40.9 Å². The number of likely N-dealkylation sites (N-methyl/N-ethyl adjacent to an activating group) is 1. The fourth-order valence-electron chi connectivity index (χ4n) is 2.22. The van der Waals surface area contributed by atoms with E-state index in [0.29, 0.717) is 17.5 Å². The lowest BCUT2D eigenvalue weighted by atomic mass is 9.97. The largest absolute Gasteiger partial charge is 0.313 e. The van der Waals surface area contributed by atoms with Gasteiger partial charge in [-0.2, -0.15) is 0 Å². The van der Waals surface area contributed by atoms with Gasteiger partial charge < -0.3 is 5.32 Å². The summed E-state index contributed by atoms with van der Waals surface area (Å²) in [5.74, 6) is -0.549. The predicted molar refractivity (Wildman–Crippen MR) is 80.7 cm³/mol. The van der Waals surface area contributed by atoms with Crippen molar-refractivity contribution in [3.05, 3.63) is 69.2 Å². The number of halogens is 3. The molecule has 4 heteroatoms. The van der Waals surface area contributed by atoms with Crippen LogP contribution in [-0.4, -0.2) is 7.05 Å². The maximum Gasteiger partial charge on any atom is 0.128 e. The Bertz CT molecular complexity index is 613. The van der Waals surface area contributed by atoms with Gasteiger partial charge in [0.05, 0.1) is 0 Å². The van der Waals surface area contributed by atoms with Gasteiger partial charge in [0.15, 0.2) is 0 Å². The molecule has 2 aromatic rings. The summed E-state index contributed by atoms with van der Waals surface area (Å²) in [5.41, 5.74) is 2.10. The molecule has 0 bridgehead atoms. The Morgan fingerprint density at radius 2 is 1.80 bits per heavy atom. The van der Waals surface area contributed by atoms with E-state index in [1.165, 1.54) is 12.1 Å². The molecule has 1 nitrogen and oxygen atoms in total.